The van der Waals surface area contributed by atoms with Gasteiger partial charge < -0.3 is 20.1 Å². The fourth-order valence-corrected chi connectivity index (χ4v) is 6.90. The van der Waals surface area contributed by atoms with Crippen molar-refractivity contribution in [2.75, 3.05) is 33.2 Å². The average molecular weight is 528 g/mol. The number of nitrogens with zero attached hydrogens (tertiary/aromatic N) is 3. The molecule has 1 unspecified atom stereocenters. The molecule has 1 saturated carbocycles. The van der Waals surface area contributed by atoms with Crippen LogP contribution in [-0.4, -0.2) is 70.5 Å². The van der Waals surface area contributed by atoms with Crippen LogP contribution in [0.15, 0.2) is 29.1 Å². The summed E-state index contributed by atoms with van der Waals surface area (Å²) in [6.45, 7) is 6.68. The third kappa shape index (κ3) is 5.10. The van der Waals surface area contributed by atoms with Crippen LogP contribution in [0.2, 0.25) is 0 Å². The minimum Gasteiger partial charge on any atom is -0.362 e. The Labute approximate surface area is 223 Å². The van der Waals surface area contributed by atoms with E-state index in [1.54, 1.807) is 11.0 Å². The number of likely N-dealkylation sites (tertiary alicyclic amines) is 1. The molecular formula is C29H39F2N5O2. The van der Waals surface area contributed by atoms with E-state index in [4.69, 9.17) is 0 Å². The summed E-state index contributed by atoms with van der Waals surface area (Å²) in [5.74, 6) is -0.984. The molecule has 1 aliphatic carbocycles. The van der Waals surface area contributed by atoms with E-state index in [1.807, 2.05) is 25.8 Å². The highest BCUT2D eigenvalue weighted by Crippen LogP contribution is 2.40. The summed E-state index contributed by atoms with van der Waals surface area (Å²) in [5.41, 5.74) is 2.65. The molecule has 2 N–H and O–H groups in total. The lowest BCUT2D eigenvalue weighted by Crippen LogP contribution is -2.64. The second-order valence-electron chi connectivity index (χ2n) is 11.4. The first kappa shape index (κ1) is 26.8. The van der Waals surface area contributed by atoms with Gasteiger partial charge in [0.1, 0.15) is 11.6 Å². The van der Waals surface area contributed by atoms with Gasteiger partial charge in [0.15, 0.2) is 5.43 Å². The number of nitrogens with one attached hydrogen (secondary N) is 2. The van der Waals surface area contributed by atoms with Gasteiger partial charge in [-0.1, -0.05) is 12.8 Å². The van der Waals surface area contributed by atoms with E-state index in [2.05, 4.69) is 15.2 Å². The van der Waals surface area contributed by atoms with Crippen LogP contribution in [0.4, 0.5) is 13.6 Å². The largest absolute Gasteiger partial charge is 0.362 e. The highest BCUT2D eigenvalue weighted by atomic mass is 19.1. The van der Waals surface area contributed by atoms with Crippen LogP contribution in [0.1, 0.15) is 67.1 Å². The van der Waals surface area contributed by atoms with Crippen LogP contribution < -0.4 is 10.7 Å². The number of carbonyl (C=O) groups is 1. The van der Waals surface area contributed by atoms with Crippen molar-refractivity contribution in [3.63, 3.8) is 0 Å². The number of halogens is 2. The summed E-state index contributed by atoms with van der Waals surface area (Å²) in [5, 5.41) is 3.26. The Bertz CT molecular complexity index is 1240. The molecule has 1 aromatic carbocycles. The van der Waals surface area contributed by atoms with Crippen molar-refractivity contribution < 1.29 is 13.6 Å². The number of benzene rings is 1. The molecule has 2 aromatic rings. The van der Waals surface area contributed by atoms with Gasteiger partial charge in [-0.2, -0.15) is 0 Å². The maximum absolute atomic E-state index is 14.9. The van der Waals surface area contributed by atoms with Crippen molar-refractivity contribution in [1.29, 1.82) is 0 Å². The smallest absolute Gasteiger partial charge is 0.320 e. The van der Waals surface area contributed by atoms with E-state index in [9.17, 15) is 18.4 Å². The molecule has 1 aromatic heterocycles. The summed E-state index contributed by atoms with van der Waals surface area (Å²) in [6, 6.07) is 4.64. The predicted molar refractivity (Wildman–Crippen MR) is 143 cm³/mol. The maximum Gasteiger partial charge on any atom is 0.320 e. The normalized spacial score (nSPS) is 23.8. The molecule has 3 fully saturated rings. The van der Waals surface area contributed by atoms with Crippen molar-refractivity contribution >= 4 is 6.03 Å². The maximum atomic E-state index is 14.9. The number of hydrogen-bond acceptors (Lipinski definition) is 4. The number of piperidine rings is 1. The SMILES string of the molecule is CNC1CCN(C(=O)N2CCN(Cc3c(C)[nH]c(C)cc3=O)C3(CCCC3)C2)[C@H](c2cc(F)ccc2F)C1. The Morgan fingerprint density at radius 3 is 2.61 bits per heavy atom. The van der Waals surface area contributed by atoms with Gasteiger partial charge in [0.05, 0.1) is 6.04 Å². The Hall–Kier alpha value is -2.78. The van der Waals surface area contributed by atoms with Gasteiger partial charge in [-0.15, -0.1) is 0 Å². The summed E-state index contributed by atoms with van der Waals surface area (Å²) < 4.78 is 29.0. The molecule has 9 heteroatoms. The number of amides is 2. The molecule has 1 spiro atoms. The molecule has 2 aliphatic heterocycles. The van der Waals surface area contributed by atoms with Gasteiger partial charge >= 0.3 is 6.03 Å². The Kier molecular flexibility index (Phi) is 7.60. The number of hydrogen-bond donors (Lipinski definition) is 2. The fraction of sp³-hybridized carbons (Fsp3) is 0.586. The van der Waals surface area contributed by atoms with E-state index >= 15 is 0 Å². The number of urea groups is 1. The lowest BCUT2D eigenvalue weighted by atomic mass is 9.90. The predicted octanol–water partition coefficient (Wildman–Crippen LogP) is 4.25. The molecule has 3 heterocycles. The molecule has 7 nitrogen and oxygen atoms in total. The molecule has 0 radical (unpaired) electrons. The first-order chi connectivity index (χ1) is 18.2. The van der Waals surface area contributed by atoms with Crippen molar-refractivity contribution in [2.24, 2.45) is 0 Å². The Morgan fingerprint density at radius 2 is 1.89 bits per heavy atom. The number of pyridine rings is 1. The third-order valence-corrected chi connectivity index (χ3v) is 9.01. The van der Waals surface area contributed by atoms with E-state index in [1.165, 1.54) is 6.07 Å². The fourth-order valence-electron chi connectivity index (χ4n) is 6.90. The first-order valence-corrected chi connectivity index (χ1v) is 13.8. The lowest BCUT2D eigenvalue weighted by molar-refractivity contribution is -0.00249. The average Bonchev–Trinajstić information content (AvgIpc) is 3.36. The Morgan fingerprint density at radius 1 is 1.13 bits per heavy atom. The summed E-state index contributed by atoms with van der Waals surface area (Å²) in [6.07, 6.45) is 5.42. The zero-order chi connectivity index (χ0) is 27.0. The quantitative estimate of drug-likeness (QED) is 0.624. The van der Waals surface area contributed by atoms with E-state index in [0.29, 0.717) is 39.1 Å². The van der Waals surface area contributed by atoms with Gasteiger partial charge in [0.2, 0.25) is 0 Å². The van der Waals surface area contributed by atoms with E-state index in [0.717, 1.165) is 61.2 Å². The van der Waals surface area contributed by atoms with Gasteiger partial charge in [-0.05, 0) is 64.8 Å². The molecule has 0 bridgehead atoms. The summed E-state index contributed by atoms with van der Waals surface area (Å²) in [7, 11) is 1.87. The van der Waals surface area contributed by atoms with Gasteiger partial charge in [0, 0.05) is 72.9 Å². The zero-order valence-electron chi connectivity index (χ0n) is 22.7. The monoisotopic (exact) mass is 527 g/mol. The topological polar surface area (TPSA) is 71.7 Å². The number of rotatable bonds is 4. The van der Waals surface area contributed by atoms with Crippen molar-refractivity contribution in [3.8, 4) is 0 Å². The van der Waals surface area contributed by atoms with Gasteiger partial charge in [-0.3, -0.25) is 9.69 Å². The van der Waals surface area contributed by atoms with Crippen LogP contribution in [0.5, 0.6) is 0 Å². The number of aromatic amines is 1. The first-order valence-electron chi connectivity index (χ1n) is 13.8. The minimum absolute atomic E-state index is 0.0535. The molecule has 206 valence electrons. The number of carbonyl (C=O) groups excluding carboxylic acids is 1. The van der Waals surface area contributed by atoms with Crippen LogP contribution in [0.3, 0.4) is 0 Å². The standard InChI is InChI=1S/C29H39F2N5O2/c1-19-14-27(37)24(20(2)33-19)17-35-13-12-34(18-29(35)9-4-5-10-29)28(38)36-11-8-22(32-3)16-26(36)23-15-21(30)6-7-25(23)31/h6-7,14-15,22,26,32H,4-5,8-13,16-18H2,1-3H3,(H,33,37)/t22?,26-/m0/s1. The van der Waals surface area contributed by atoms with Crippen LogP contribution in [0.25, 0.3) is 0 Å². The molecule has 38 heavy (non-hydrogen) atoms. The van der Waals surface area contributed by atoms with E-state index < -0.39 is 17.7 Å². The molecule has 2 saturated heterocycles. The van der Waals surface area contributed by atoms with Gasteiger partial charge in [-0.25, -0.2) is 13.6 Å². The highest BCUT2D eigenvalue weighted by molar-refractivity contribution is 5.75. The summed E-state index contributed by atoms with van der Waals surface area (Å²) >= 11 is 0. The second kappa shape index (κ2) is 10.8. The molecule has 2 amide bonds. The van der Waals surface area contributed by atoms with Crippen LogP contribution in [-0.2, 0) is 6.54 Å². The van der Waals surface area contributed by atoms with Gasteiger partial charge in [0.25, 0.3) is 0 Å². The second-order valence-corrected chi connectivity index (χ2v) is 11.4. The lowest BCUT2D eigenvalue weighted by Gasteiger charge is -2.51. The van der Waals surface area contributed by atoms with E-state index in [-0.39, 0.29) is 28.6 Å². The minimum atomic E-state index is -0.532. The summed E-state index contributed by atoms with van der Waals surface area (Å²) in [4.78, 5) is 36.2. The van der Waals surface area contributed by atoms with Crippen molar-refractivity contribution in [2.45, 2.75) is 76.5 Å². The molecule has 2 atom stereocenters. The molecule has 5 rings (SSSR count). The third-order valence-electron chi connectivity index (χ3n) is 9.01. The molecular weight excluding hydrogens is 488 g/mol. The number of aromatic nitrogens is 1. The van der Waals surface area contributed by atoms with Crippen LogP contribution >= 0.6 is 0 Å². The Balaban J connectivity index is 1.39. The van der Waals surface area contributed by atoms with Crippen molar-refractivity contribution in [3.05, 3.63) is 68.6 Å². The van der Waals surface area contributed by atoms with Crippen molar-refractivity contribution in [1.82, 2.24) is 25.0 Å². The highest BCUT2D eigenvalue weighted by Gasteiger charge is 2.46. The number of aryl methyl sites for hydroxylation is 2. The number of H-pyrrole nitrogens is 1. The number of piperazine rings is 1. The van der Waals surface area contributed by atoms with Crippen LogP contribution in [0, 0.1) is 25.5 Å². The molecule has 3 aliphatic rings. The zero-order valence-corrected chi connectivity index (χ0v) is 22.7.